The first-order valence-corrected chi connectivity index (χ1v) is 7.22. The summed E-state index contributed by atoms with van der Waals surface area (Å²) in [6, 6.07) is 7.73. The Morgan fingerprint density at radius 3 is 3.25 bits per heavy atom. The molecule has 3 aliphatic rings. The Kier molecular flexibility index (Phi) is 2.38. The second-order valence-electron chi connectivity index (χ2n) is 4.86. The van der Waals surface area contributed by atoms with Gasteiger partial charge in [-0.25, -0.2) is 9.80 Å². The zero-order valence-electron chi connectivity index (χ0n) is 10.8. The van der Waals surface area contributed by atoms with Crippen LogP contribution in [0.25, 0.3) is 0 Å². The average Bonchev–Trinajstić information content (AvgIpc) is 3.02. The van der Waals surface area contributed by atoms with Crippen molar-refractivity contribution in [2.24, 2.45) is 5.10 Å². The van der Waals surface area contributed by atoms with E-state index >= 15 is 0 Å². The third-order valence-corrected chi connectivity index (χ3v) is 5.02. The van der Waals surface area contributed by atoms with Crippen molar-refractivity contribution in [2.45, 2.75) is 10.8 Å². The second-order valence-corrected chi connectivity index (χ2v) is 5.87. The summed E-state index contributed by atoms with van der Waals surface area (Å²) in [6.07, 6.45) is 2.07. The topological polar surface area (TPSA) is 51.1 Å². The van der Waals surface area contributed by atoms with Crippen molar-refractivity contribution in [3.8, 4) is 5.75 Å². The van der Waals surface area contributed by atoms with Crippen molar-refractivity contribution in [3.63, 3.8) is 0 Å². The second kappa shape index (κ2) is 4.02. The van der Waals surface area contributed by atoms with Gasteiger partial charge >= 0.3 is 5.97 Å². The molecule has 0 aliphatic carbocycles. The van der Waals surface area contributed by atoms with Crippen molar-refractivity contribution in [2.75, 3.05) is 18.7 Å². The van der Waals surface area contributed by atoms with Gasteiger partial charge in [-0.3, -0.25) is 0 Å². The summed E-state index contributed by atoms with van der Waals surface area (Å²) in [7, 11) is 1.38. The Bertz CT molecular complexity index is 658. The average molecular weight is 288 g/mol. The minimum Gasteiger partial charge on any atom is -0.488 e. The van der Waals surface area contributed by atoms with Crippen LogP contribution < -0.4 is 9.75 Å². The quantitative estimate of drug-likeness (QED) is 0.738. The first-order valence-electron chi connectivity index (χ1n) is 6.28. The monoisotopic (exact) mass is 288 g/mol. The van der Waals surface area contributed by atoms with E-state index < -0.39 is 5.54 Å². The summed E-state index contributed by atoms with van der Waals surface area (Å²) in [5.41, 5.74) is 0.917. The number of fused-ring (bicyclic) bond motifs is 2. The highest BCUT2D eigenvalue weighted by Crippen LogP contribution is 2.50. The van der Waals surface area contributed by atoms with Crippen LogP contribution >= 0.6 is 11.8 Å². The van der Waals surface area contributed by atoms with Gasteiger partial charge in [-0.2, -0.15) is 5.10 Å². The van der Waals surface area contributed by atoms with E-state index in [1.165, 1.54) is 7.11 Å². The molecule has 3 aliphatic heterocycles. The van der Waals surface area contributed by atoms with Crippen molar-refractivity contribution >= 4 is 29.1 Å². The molecular weight excluding hydrogens is 276 g/mol. The number of hydrogen-bond donors (Lipinski definition) is 0. The van der Waals surface area contributed by atoms with Gasteiger partial charge in [0.15, 0.2) is 5.71 Å². The fourth-order valence-electron chi connectivity index (χ4n) is 2.84. The van der Waals surface area contributed by atoms with E-state index in [2.05, 4.69) is 11.2 Å². The molecule has 0 unspecified atom stereocenters. The molecule has 1 aromatic rings. The molecule has 1 spiro atoms. The lowest BCUT2D eigenvalue weighted by Gasteiger charge is -2.40. The van der Waals surface area contributed by atoms with Crippen LogP contribution in [0.5, 0.6) is 5.75 Å². The molecule has 4 rings (SSSR count). The maximum Gasteiger partial charge on any atom is 0.355 e. The van der Waals surface area contributed by atoms with Gasteiger partial charge in [-0.15, -0.1) is 11.8 Å². The number of carbonyl (C=O) groups is 1. The number of carbonyl (C=O) groups excluding carboxylic acids is 1. The Morgan fingerprint density at radius 2 is 2.40 bits per heavy atom. The Labute approximate surface area is 120 Å². The van der Waals surface area contributed by atoms with Crippen LogP contribution in [0.3, 0.4) is 0 Å². The molecule has 5 nitrogen and oxygen atoms in total. The Balaban J connectivity index is 1.87. The lowest BCUT2D eigenvalue weighted by atomic mass is 9.92. The normalized spacial score (nSPS) is 29.1. The van der Waals surface area contributed by atoms with Gasteiger partial charge in [0.25, 0.3) is 0 Å². The molecule has 20 heavy (non-hydrogen) atoms. The summed E-state index contributed by atoms with van der Waals surface area (Å²) in [5.74, 6) is 0.412. The minimum atomic E-state index is -0.414. The van der Waals surface area contributed by atoms with E-state index in [9.17, 15) is 4.79 Å². The largest absolute Gasteiger partial charge is 0.488 e. The molecule has 102 valence electrons. The van der Waals surface area contributed by atoms with Gasteiger partial charge in [-0.05, 0) is 23.6 Å². The SMILES string of the molecule is COC(=O)C1=NN2c3ccccc3OC[C@@]23C=CS[C@@H]13. The van der Waals surface area contributed by atoms with E-state index in [-0.39, 0.29) is 11.2 Å². The molecule has 0 saturated carbocycles. The van der Waals surface area contributed by atoms with Crippen molar-refractivity contribution < 1.29 is 14.3 Å². The number of anilines is 1. The first kappa shape index (κ1) is 11.8. The van der Waals surface area contributed by atoms with E-state index in [1.807, 2.05) is 34.7 Å². The number of ether oxygens (including phenoxy) is 2. The van der Waals surface area contributed by atoms with Crippen LogP contribution in [0.4, 0.5) is 5.69 Å². The Hall–Kier alpha value is -1.95. The van der Waals surface area contributed by atoms with Gasteiger partial charge in [0.1, 0.15) is 23.6 Å². The third-order valence-electron chi connectivity index (χ3n) is 3.82. The fraction of sp³-hybridized carbons (Fsp3) is 0.286. The molecule has 6 heteroatoms. The van der Waals surface area contributed by atoms with Gasteiger partial charge < -0.3 is 9.47 Å². The number of rotatable bonds is 1. The summed E-state index contributed by atoms with van der Waals surface area (Å²) in [5, 5.41) is 8.35. The first-order chi connectivity index (χ1) is 9.76. The molecular formula is C14H12N2O3S. The summed E-state index contributed by atoms with van der Waals surface area (Å²) < 4.78 is 10.7. The Morgan fingerprint density at radius 1 is 1.55 bits per heavy atom. The standard InChI is InChI=1S/C14H12N2O3S/c1-18-13(17)11-12-14(6-7-20-12)8-19-10-5-3-2-4-9(10)16(14)15-11/h2-7,12H,8H2,1H3/t12-,14+/m0/s1. The van der Waals surface area contributed by atoms with Gasteiger partial charge in [-0.1, -0.05) is 12.1 Å². The predicted octanol–water partition coefficient (Wildman–Crippen LogP) is 1.80. The van der Waals surface area contributed by atoms with Crippen LogP contribution in [0, 0.1) is 0 Å². The zero-order valence-corrected chi connectivity index (χ0v) is 11.6. The van der Waals surface area contributed by atoms with E-state index in [0.717, 1.165) is 11.4 Å². The molecule has 3 heterocycles. The highest BCUT2D eigenvalue weighted by atomic mass is 32.2. The number of benzene rings is 1. The maximum atomic E-state index is 11.9. The number of esters is 1. The van der Waals surface area contributed by atoms with Crippen molar-refractivity contribution in [1.29, 1.82) is 0 Å². The van der Waals surface area contributed by atoms with Crippen LogP contribution in [0.1, 0.15) is 0 Å². The lowest BCUT2D eigenvalue weighted by Crippen LogP contribution is -2.54. The molecule has 0 bridgehead atoms. The van der Waals surface area contributed by atoms with Gasteiger partial charge in [0, 0.05) is 0 Å². The molecule has 0 fully saturated rings. The fourth-order valence-corrected chi connectivity index (χ4v) is 4.07. The number of hydrogen-bond acceptors (Lipinski definition) is 6. The molecule has 0 amide bonds. The lowest BCUT2D eigenvalue weighted by molar-refractivity contribution is -0.132. The highest BCUT2D eigenvalue weighted by molar-refractivity contribution is 8.03. The van der Waals surface area contributed by atoms with Crippen LogP contribution in [0.15, 0.2) is 40.9 Å². The molecule has 0 N–H and O–H groups in total. The molecule has 2 atom stereocenters. The van der Waals surface area contributed by atoms with Crippen LogP contribution in [-0.4, -0.2) is 36.2 Å². The molecule has 1 aromatic carbocycles. The number of hydrazone groups is 1. The van der Waals surface area contributed by atoms with Crippen molar-refractivity contribution in [1.82, 2.24) is 0 Å². The van der Waals surface area contributed by atoms with Crippen LogP contribution in [-0.2, 0) is 9.53 Å². The summed E-state index contributed by atoms with van der Waals surface area (Å²) in [4.78, 5) is 11.9. The van der Waals surface area contributed by atoms with E-state index in [1.54, 1.807) is 11.8 Å². The maximum absolute atomic E-state index is 11.9. The third kappa shape index (κ3) is 1.34. The highest BCUT2D eigenvalue weighted by Gasteiger charge is 2.57. The molecule has 0 radical (unpaired) electrons. The molecule has 0 saturated heterocycles. The van der Waals surface area contributed by atoms with E-state index in [0.29, 0.717) is 12.3 Å². The number of para-hydroxylation sites is 2. The predicted molar refractivity (Wildman–Crippen MR) is 77.1 cm³/mol. The van der Waals surface area contributed by atoms with Crippen molar-refractivity contribution in [3.05, 3.63) is 35.7 Å². The number of nitrogens with zero attached hydrogens (tertiary/aromatic N) is 2. The summed E-state index contributed by atoms with van der Waals surface area (Å²) in [6.45, 7) is 0.474. The smallest absolute Gasteiger partial charge is 0.355 e. The van der Waals surface area contributed by atoms with E-state index in [4.69, 9.17) is 9.47 Å². The minimum absolute atomic E-state index is 0.0803. The number of methoxy groups -OCH3 is 1. The van der Waals surface area contributed by atoms with Gasteiger partial charge in [0.2, 0.25) is 0 Å². The zero-order chi connectivity index (χ0) is 13.7. The number of thioether (sulfide) groups is 1. The summed E-state index contributed by atoms with van der Waals surface area (Å²) >= 11 is 1.58. The molecule has 0 aromatic heterocycles. The van der Waals surface area contributed by atoms with Crippen LogP contribution in [0.2, 0.25) is 0 Å². The van der Waals surface area contributed by atoms with Gasteiger partial charge in [0.05, 0.1) is 12.4 Å².